The summed E-state index contributed by atoms with van der Waals surface area (Å²) in [5.74, 6) is -0.108. The molecule has 132 valence electrons. The van der Waals surface area contributed by atoms with Gasteiger partial charge in [0, 0.05) is 3.57 Å². The minimum Gasteiger partial charge on any atom is -0.493 e. The molecule has 1 amide bonds. The van der Waals surface area contributed by atoms with Crippen molar-refractivity contribution in [2.75, 3.05) is 7.11 Å². The Labute approximate surface area is 168 Å². The average molecular weight is 480 g/mol. The molecule has 0 saturated carbocycles. The van der Waals surface area contributed by atoms with E-state index in [2.05, 4.69) is 33.2 Å². The number of hydrogen-bond acceptors (Lipinski definition) is 5. The van der Waals surface area contributed by atoms with Crippen molar-refractivity contribution in [3.8, 4) is 11.5 Å². The Morgan fingerprint density at radius 2 is 1.92 bits per heavy atom. The topological polar surface area (TPSA) is 76.7 Å². The Morgan fingerprint density at radius 1 is 1.15 bits per heavy atom. The Kier molecular flexibility index (Phi) is 5.52. The maximum absolute atomic E-state index is 12.4. The third-order valence-electron chi connectivity index (χ3n) is 3.51. The summed E-state index contributed by atoms with van der Waals surface area (Å²) in [4.78, 5) is 24.1. The molecule has 0 aromatic heterocycles. The number of rotatable bonds is 4. The molecule has 8 heteroatoms. The standard InChI is InChI=1S/C18H13IN2O4S/c1-24-15-9-10(8-13-16(22)21-18(26)20-13)6-7-14(15)25-17(23)11-4-2-3-5-12(11)19/h2-9H,1H3,(H2,20,21,22,26)/b13-8-. The first-order chi connectivity index (χ1) is 12.5. The summed E-state index contributed by atoms with van der Waals surface area (Å²) in [6, 6.07) is 12.1. The third kappa shape index (κ3) is 4.02. The number of nitrogens with one attached hydrogen (secondary N) is 2. The molecular weight excluding hydrogens is 467 g/mol. The van der Waals surface area contributed by atoms with Crippen molar-refractivity contribution in [1.29, 1.82) is 0 Å². The maximum atomic E-state index is 12.4. The molecule has 0 spiro atoms. The lowest BCUT2D eigenvalue weighted by molar-refractivity contribution is -0.115. The second kappa shape index (κ2) is 7.83. The molecule has 0 unspecified atom stereocenters. The first kappa shape index (κ1) is 18.3. The van der Waals surface area contributed by atoms with E-state index in [1.165, 1.54) is 7.11 Å². The lowest BCUT2D eigenvalue weighted by Gasteiger charge is -2.11. The highest BCUT2D eigenvalue weighted by Gasteiger charge is 2.20. The predicted octanol–water partition coefficient (Wildman–Crippen LogP) is 2.86. The van der Waals surface area contributed by atoms with Crippen LogP contribution in [0.2, 0.25) is 0 Å². The van der Waals surface area contributed by atoms with Gasteiger partial charge in [-0.3, -0.25) is 10.1 Å². The molecular formula is C18H13IN2O4S. The van der Waals surface area contributed by atoms with Gasteiger partial charge >= 0.3 is 5.97 Å². The van der Waals surface area contributed by atoms with Crippen LogP contribution in [-0.2, 0) is 4.79 Å². The van der Waals surface area contributed by atoms with Crippen LogP contribution in [0, 0.1) is 3.57 Å². The highest BCUT2D eigenvalue weighted by atomic mass is 127. The number of halogens is 1. The molecule has 1 heterocycles. The van der Waals surface area contributed by atoms with Crippen LogP contribution in [0.5, 0.6) is 11.5 Å². The summed E-state index contributed by atoms with van der Waals surface area (Å²) in [5.41, 5.74) is 1.50. The van der Waals surface area contributed by atoms with Gasteiger partial charge in [0.1, 0.15) is 5.70 Å². The van der Waals surface area contributed by atoms with Crippen molar-refractivity contribution < 1.29 is 19.1 Å². The monoisotopic (exact) mass is 480 g/mol. The number of carbonyl (C=O) groups excluding carboxylic acids is 2. The summed E-state index contributed by atoms with van der Waals surface area (Å²) in [6.07, 6.45) is 1.63. The number of esters is 1. The number of amides is 1. The smallest absolute Gasteiger partial charge is 0.344 e. The predicted molar refractivity (Wildman–Crippen MR) is 109 cm³/mol. The largest absolute Gasteiger partial charge is 0.493 e. The lowest BCUT2D eigenvalue weighted by Crippen LogP contribution is -2.21. The van der Waals surface area contributed by atoms with Crippen molar-refractivity contribution in [2.24, 2.45) is 0 Å². The van der Waals surface area contributed by atoms with Crippen molar-refractivity contribution in [3.05, 3.63) is 62.9 Å². The summed E-state index contributed by atoms with van der Waals surface area (Å²) in [7, 11) is 1.48. The van der Waals surface area contributed by atoms with Crippen LogP contribution in [-0.4, -0.2) is 24.1 Å². The second-order valence-electron chi connectivity index (χ2n) is 5.25. The molecule has 26 heavy (non-hydrogen) atoms. The molecule has 2 aromatic carbocycles. The van der Waals surface area contributed by atoms with Gasteiger partial charge in [-0.15, -0.1) is 0 Å². The Balaban J connectivity index is 1.85. The fourth-order valence-electron chi connectivity index (χ4n) is 2.29. The molecule has 1 fully saturated rings. The van der Waals surface area contributed by atoms with Crippen LogP contribution < -0.4 is 20.1 Å². The molecule has 0 aliphatic carbocycles. The zero-order valence-electron chi connectivity index (χ0n) is 13.5. The Hall–Kier alpha value is -2.46. The molecule has 0 bridgehead atoms. The minimum atomic E-state index is -0.471. The van der Waals surface area contributed by atoms with Gasteiger partial charge in [-0.2, -0.15) is 0 Å². The SMILES string of the molecule is COc1cc(/C=C2\NC(=S)NC2=O)ccc1OC(=O)c1ccccc1I. The fourth-order valence-corrected chi connectivity index (χ4v) is 3.10. The van der Waals surface area contributed by atoms with Gasteiger partial charge in [0.2, 0.25) is 0 Å². The lowest BCUT2D eigenvalue weighted by atomic mass is 10.1. The van der Waals surface area contributed by atoms with Crippen molar-refractivity contribution >= 4 is 57.9 Å². The van der Waals surface area contributed by atoms with Gasteiger partial charge in [0.25, 0.3) is 5.91 Å². The molecule has 1 aliphatic rings. The van der Waals surface area contributed by atoms with Gasteiger partial charge < -0.3 is 14.8 Å². The number of hydrogen-bond donors (Lipinski definition) is 2. The molecule has 3 rings (SSSR count). The Morgan fingerprint density at radius 3 is 2.58 bits per heavy atom. The number of methoxy groups -OCH3 is 1. The number of thiocarbonyl (C=S) groups is 1. The molecule has 0 radical (unpaired) electrons. The zero-order chi connectivity index (χ0) is 18.7. The van der Waals surface area contributed by atoms with Crippen LogP contribution in [0.25, 0.3) is 6.08 Å². The molecule has 2 aromatic rings. The van der Waals surface area contributed by atoms with Crippen LogP contribution in [0.15, 0.2) is 48.2 Å². The Bertz CT molecular complexity index is 943. The van der Waals surface area contributed by atoms with Gasteiger partial charge in [0.05, 0.1) is 12.7 Å². The molecule has 2 N–H and O–H groups in total. The van der Waals surface area contributed by atoms with E-state index in [1.807, 2.05) is 12.1 Å². The average Bonchev–Trinajstić information content (AvgIpc) is 2.93. The second-order valence-corrected chi connectivity index (χ2v) is 6.82. The van der Waals surface area contributed by atoms with Crippen LogP contribution in [0.4, 0.5) is 0 Å². The van der Waals surface area contributed by atoms with E-state index in [1.54, 1.807) is 36.4 Å². The molecule has 1 aliphatic heterocycles. The number of ether oxygens (including phenoxy) is 2. The van der Waals surface area contributed by atoms with Crippen molar-refractivity contribution in [3.63, 3.8) is 0 Å². The van der Waals surface area contributed by atoms with Crippen LogP contribution >= 0.6 is 34.8 Å². The van der Waals surface area contributed by atoms with Crippen LogP contribution in [0.3, 0.4) is 0 Å². The van der Waals surface area contributed by atoms with E-state index in [4.69, 9.17) is 21.7 Å². The third-order valence-corrected chi connectivity index (χ3v) is 4.66. The summed E-state index contributed by atoms with van der Waals surface area (Å²) >= 11 is 6.97. The summed E-state index contributed by atoms with van der Waals surface area (Å²) in [6.45, 7) is 0. The number of carbonyl (C=O) groups is 2. The van der Waals surface area contributed by atoms with Crippen molar-refractivity contribution in [2.45, 2.75) is 0 Å². The van der Waals surface area contributed by atoms with Gasteiger partial charge in [-0.05, 0) is 70.7 Å². The van der Waals surface area contributed by atoms with Gasteiger partial charge in [0.15, 0.2) is 16.6 Å². The first-order valence-electron chi connectivity index (χ1n) is 7.46. The normalized spacial score (nSPS) is 14.8. The highest BCUT2D eigenvalue weighted by Crippen LogP contribution is 2.30. The highest BCUT2D eigenvalue weighted by molar-refractivity contribution is 14.1. The van der Waals surface area contributed by atoms with Crippen molar-refractivity contribution in [1.82, 2.24) is 10.6 Å². The first-order valence-corrected chi connectivity index (χ1v) is 8.95. The molecule has 0 atom stereocenters. The quantitative estimate of drug-likeness (QED) is 0.231. The summed E-state index contributed by atoms with van der Waals surface area (Å²) < 4.78 is 11.6. The number of benzene rings is 2. The zero-order valence-corrected chi connectivity index (χ0v) is 16.5. The van der Waals surface area contributed by atoms with E-state index >= 15 is 0 Å². The van der Waals surface area contributed by atoms with E-state index in [9.17, 15) is 9.59 Å². The van der Waals surface area contributed by atoms with E-state index in [0.29, 0.717) is 28.3 Å². The van der Waals surface area contributed by atoms with Gasteiger partial charge in [-0.25, -0.2) is 4.79 Å². The van der Waals surface area contributed by atoms with Gasteiger partial charge in [-0.1, -0.05) is 18.2 Å². The fraction of sp³-hybridized carbons (Fsp3) is 0.0556. The molecule has 6 nitrogen and oxygen atoms in total. The summed E-state index contributed by atoms with van der Waals surface area (Å²) in [5, 5.41) is 5.52. The molecule has 1 saturated heterocycles. The van der Waals surface area contributed by atoms with E-state index in [0.717, 1.165) is 3.57 Å². The van der Waals surface area contributed by atoms with Crippen LogP contribution in [0.1, 0.15) is 15.9 Å². The van der Waals surface area contributed by atoms with E-state index < -0.39 is 5.97 Å². The maximum Gasteiger partial charge on any atom is 0.344 e. The minimum absolute atomic E-state index is 0.260. The van der Waals surface area contributed by atoms with E-state index in [-0.39, 0.29) is 11.0 Å².